The fraction of sp³-hybridized carbons (Fsp3) is 0. The molecule has 10 heteroatoms. The normalized spacial score (nSPS) is 18.0. The van der Waals surface area contributed by atoms with Gasteiger partial charge in [0.25, 0.3) is 0 Å². The van der Waals surface area contributed by atoms with Crippen molar-refractivity contribution in [2.45, 2.75) is 0 Å². The van der Waals surface area contributed by atoms with E-state index in [1.807, 2.05) is 0 Å². The van der Waals surface area contributed by atoms with E-state index in [1.165, 1.54) is 24.3 Å². The van der Waals surface area contributed by atoms with Crippen LogP contribution in [0.2, 0.25) is 5.02 Å². The molecular weight excluding hydrogens is 490 g/mol. The van der Waals surface area contributed by atoms with Crippen LogP contribution in [0.4, 0.5) is 17.4 Å². The monoisotopic (exact) mass is 494 g/mol. The zero-order valence-electron chi connectivity index (χ0n) is 12.1. The van der Waals surface area contributed by atoms with E-state index in [4.69, 9.17) is 11.6 Å². The summed E-state index contributed by atoms with van der Waals surface area (Å²) in [5.74, 6) is -1.85. The predicted molar refractivity (Wildman–Crippen MR) is 96.2 cm³/mol. The lowest BCUT2D eigenvalue weighted by molar-refractivity contribution is -0.358. The van der Waals surface area contributed by atoms with E-state index in [1.54, 1.807) is 0 Å². The van der Waals surface area contributed by atoms with Crippen LogP contribution in [-0.2, 0) is 0 Å². The van der Waals surface area contributed by atoms with Crippen LogP contribution < -0.4 is 0 Å². The lowest BCUT2D eigenvalue weighted by Crippen LogP contribution is -2.50. The molecule has 0 amide bonds. The molecule has 0 radical (unpaired) electrons. The number of rotatable bonds is 1. The van der Waals surface area contributed by atoms with E-state index in [9.17, 15) is 8.78 Å². The van der Waals surface area contributed by atoms with Crippen LogP contribution in [0.3, 0.4) is 0 Å². The van der Waals surface area contributed by atoms with Crippen molar-refractivity contribution in [3.63, 3.8) is 0 Å². The highest BCUT2D eigenvalue weighted by Crippen LogP contribution is 2.43. The maximum atomic E-state index is 15.0. The Morgan fingerprint density at radius 3 is 2.32 bits per heavy atom. The van der Waals surface area contributed by atoms with Crippen LogP contribution in [0.15, 0.2) is 46.7 Å². The summed E-state index contributed by atoms with van der Waals surface area (Å²) in [7, 11) is 0. The third-order valence-electron chi connectivity index (χ3n) is 4.13. The Labute approximate surface area is 161 Å². The van der Waals surface area contributed by atoms with Gasteiger partial charge >= 0.3 is 6.97 Å². The molecule has 1 aromatic heterocycles. The average Bonchev–Trinajstić information content (AvgIpc) is 3.06. The van der Waals surface area contributed by atoms with E-state index in [0.717, 1.165) is 21.1 Å². The second-order valence-electron chi connectivity index (χ2n) is 5.53. The first kappa shape index (κ1) is 17.1. The van der Waals surface area contributed by atoms with E-state index in [2.05, 4.69) is 31.9 Å². The van der Waals surface area contributed by atoms with Gasteiger partial charge in [-0.3, -0.25) is 0 Å². The molecule has 0 N–H and O–H groups in total. The minimum atomic E-state index is -4.25. The van der Waals surface area contributed by atoms with Gasteiger partial charge in [-0.1, -0.05) is 11.6 Å². The van der Waals surface area contributed by atoms with Gasteiger partial charge in [-0.15, -0.1) is 0 Å². The molecule has 2 aromatic rings. The van der Waals surface area contributed by atoms with Crippen LogP contribution >= 0.6 is 43.5 Å². The molecule has 3 heterocycles. The Morgan fingerprint density at radius 1 is 1.04 bits per heavy atom. The van der Waals surface area contributed by atoms with Crippen molar-refractivity contribution in [1.82, 2.24) is 4.48 Å². The van der Waals surface area contributed by atoms with Crippen LogP contribution in [0.25, 0.3) is 5.57 Å². The molecule has 4 rings (SSSR count). The molecule has 0 bridgehead atoms. The Bertz CT molecular complexity index is 1020. The second-order valence-corrected chi connectivity index (χ2v) is 7.59. The summed E-state index contributed by atoms with van der Waals surface area (Å²) >= 11 is 11.9. The minimum Gasteiger partial charge on any atom is -0.389 e. The summed E-state index contributed by atoms with van der Waals surface area (Å²) < 4.78 is 60.8. The summed E-state index contributed by atoms with van der Waals surface area (Å²) in [4.78, 5) is 0. The number of halogens is 7. The molecule has 2 aliphatic rings. The zero-order valence-corrected chi connectivity index (χ0v) is 16.0. The largest absolute Gasteiger partial charge is 0.738 e. The minimum absolute atomic E-state index is 0.00935. The Hall–Kier alpha value is -1.32. The molecule has 0 saturated carbocycles. The van der Waals surface area contributed by atoms with Gasteiger partial charge in [0.1, 0.15) is 11.6 Å². The van der Waals surface area contributed by atoms with E-state index < -0.39 is 24.2 Å². The summed E-state index contributed by atoms with van der Waals surface area (Å²) in [5, 5.41) is -0.113. The molecule has 2 aliphatic heterocycles. The molecule has 0 fully saturated rings. The molecule has 2 nitrogen and oxygen atoms in total. The van der Waals surface area contributed by atoms with Crippen LogP contribution in [0, 0.1) is 11.6 Å². The lowest BCUT2D eigenvalue weighted by Gasteiger charge is -2.32. The number of hydrogen-bond donors (Lipinski definition) is 0. The first-order valence-corrected chi connectivity index (χ1v) is 8.98. The number of fused-ring (bicyclic) bond motifs is 2. The number of benzene rings is 1. The van der Waals surface area contributed by atoms with E-state index in [0.29, 0.717) is 0 Å². The quantitative estimate of drug-likeness (QED) is 0.361. The smallest absolute Gasteiger partial charge is 0.389 e. The summed E-state index contributed by atoms with van der Waals surface area (Å²) in [5.41, 5.74) is -0.365. The van der Waals surface area contributed by atoms with Gasteiger partial charge < -0.3 is 17.6 Å². The predicted octanol–water partition coefficient (Wildman–Crippen LogP) is 5.55. The first-order valence-electron chi connectivity index (χ1n) is 7.02. The van der Waals surface area contributed by atoms with Gasteiger partial charge in [-0.25, -0.2) is 8.78 Å². The van der Waals surface area contributed by atoms with Crippen LogP contribution in [0.1, 0.15) is 11.3 Å². The van der Waals surface area contributed by atoms with Crippen LogP contribution in [-0.4, -0.2) is 20.6 Å². The van der Waals surface area contributed by atoms with Crippen molar-refractivity contribution in [3.05, 3.63) is 74.6 Å². The van der Waals surface area contributed by atoms with E-state index in [-0.39, 0.29) is 31.2 Å². The molecule has 0 unspecified atom stereocenters. The van der Waals surface area contributed by atoms with Crippen molar-refractivity contribution in [3.8, 4) is 0 Å². The molecule has 0 aliphatic carbocycles. The summed E-state index contributed by atoms with van der Waals surface area (Å²) in [6.07, 6.45) is 2.81. The summed E-state index contributed by atoms with van der Waals surface area (Å²) in [6.45, 7) is -4.25. The third kappa shape index (κ3) is 2.32. The summed E-state index contributed by atoms with van der Waals surface area (Å²) in [6, 6.07) is 4.72. The maximum Gasteiger partial charge on any atom is 0.738 e. The fourth-order valence-corrected chi connectivity index (χ4v) is 4.50. The molecule has 25 heavy (non-hydrogen) atoms. The number of allylic oxidation sites excluding steroid dienone is 2. The van der Waals surface area contributed by atoms with Gasteiger partial charge in [0.15, 0.2) is 5.70 Å². The molecule has 1 aromatic carbocycles. The molecule has 128 valence electrons. The van der Waals surface area contributed by atoms with Gasteiger partial charge in [-0.05, 0) is 40.2 Å². The maximum absolute atomic E-state index is 15.0. The van der Waals surface area contributed by atoms with Crippen LogP contribution in [0.5, 0.6) is 0 Å². The molecule has 0 atom stereocenters. The molecule has 0 saturated heterocycles. The Balaban J connectivity index is 2.16. The van der Waals surface area contributed by atoms with E-state index >= 15 is 8.63 Å². The first-order chi connectivity index (χ1) is 11.7. The van der Waals surface area contributed by atoms with Crippen molar-refractivity contribution < 1.29 is 21.9 Å². The van der Waals surface area contributed by atoms with Crippen molar-refractivity contribution >= 4 is 60.6 Å². The van der Waals surface area contributed by atoms with Gasteiger partial charge in [0.2, 0.25) is 4.62 Å². The molecular formula is C15H6BBr2ClF4N2. The van der Waals surface area contributed by atoms with Gasteiger partial charge in [0, 0.05) is 38.8 Å². The van der Waals surface area contributed by atoms with Gasteiger partial charge in [-0.2, -0.15) is 0 Å². The highest BCUT2D eigenvalue weighted by atomic mass is 79.9. The average molecular weight is 496 g/mol. The number of hydrogen-bond acceptors (Lipinski definition) is 0. The highest BCUT2D eigenvalue weighted by Gasteiger charge is 2.54. The topological polar surface area (TPSA) is 7.94 Å². The van der Waals surface area contributed by atoms with Gasteiger partial charge in [0.05, 0.1) is 15.7 Å². The third-order valence-corrected chi connectivity index (χ3v) is 5.64. The highest BCUT2D eigenvalue weighted by molar-refractivity contribution is 9.18. The molecule has 0 spiro atoms. The van der Waals surface area contributed by atoms with Crippen molar-refractivity contribution in [2.75, 3.05) is 0 Å². The van der Waals surface area contributed by atoms with Crippen molar-refractivity contribution in [1.29, 1.82) is 0 Å². The number of aromatic nitrogens is 1. The number of nitrogens with zero attached hydrogens (tertiary/aromatic N) is 2. The second kappa shape index (κ2) is 5.59. The standard InChI is InChI=1S/C15H6BBr2ClF4N2/c17-12-3-1-10-15(14-8(20)5-7(19)6-9(14)21)11-2-4-13(18)25(11)16(22,23)24(10)12/h1-6H. The zero-order chi connectivity index (χ0) is 18.1. The SMILES string of the molecule is Fc1cc(Cl)cc(F)c1C1=C2C=CC(Br)=[N+]2[B-](F)(F)n2c(Br)ccc21. The van der Waals surface area contributed by atoms with Crippen molar-refractivity contribution in [2.24, 2.45) is 0 Å². The Morgan fingerprint density at radius 2 is 1.68 bits per heavy atom. The Kier molecular flexibility index (Phi) is 3.83. The lowest BCUT2D eigenvalue weighted by atomic mass is 9.86. The fourth-order valence-electron chi connectivity index (χ4n) is 3.17.